The van der Waals surface area contributed by atoms with E-state index in [0.29, 0.717) is 12.0 Å². The number of hydrogen-bond acceptors (Lipinski definition) is 3. The highest BCUT2D eigenvalue weighted by Crippen LogP contribution is 2.30. The fourth-order valence-corrected chi connectivity index (χ4v) is 3.04. The Morgan fingerprint density at radius 1 is 0.967 bits per heavy atom. The molecule has 0 amide bonds. The fraction of sp³-hybridized carbons (Fsp3) is 0.167. The van der Waals surface area contributed by atoms with Crippen LogP contribution in [0.25, 0.3) is 0 Å². The topological polar surface area (TPSA) is 45.4 Å². The second-order valence-electron chi connectivity index (χ2n) is 6.64. The van der Waals surface area contributed by atoms with Crippen molar-refractivity contribution in [2.75, 3.05) is 7.11 Å². The van der Waals surface area contributed by atoms with Crippen LogP contribution in [0.5, 0.6) is 5.75 Å². The molecule has 0 fully saturated rings. The van der Waals surface area contributed by atoms with E-state index in [4.69, 9.17) is 4.74 Å². The summed E-state index contributed by atoms with van der Waals surface area (Å²) in [5.74, 6) is 0.737. The van der Waals surface area contributed by atoms with Crippen LogP contribution in [0, 0.1) is 11.3 Å². The van der Waals surface area contributed by atoms with Crippen LogP contribution in [0.2, 0.25) is 0 Å². The molecule has 1 atom stereocenters. The lowest BCUT2D eigenvalue weighted by atomic mass is 9.98. The Morgan fingerprint density at radius 2 is 1.60 bits per heavy atom. The first-order valence-electron chi connectivity index (χ1n) is 9.24. The first-order valence-corrected chi connectivity index (χ1v) is 9.24. The van der Waals surface area contributed by atoms with Crippen LogP contribution in [0.15, 0.2) is 83.9 Å². The second kappa shape index (κ2) is 9.27. The zero-order valence-corrected chi connectivity index (χ0v) is 16.2. The summed E-state index contributed by atoms with van der Waals surface area (Å²) in [7, 11) is 1.59. The predicted octanol–water partition coefficient (Wildman–Crippen LogP) is 6.01. The van der Waals surface area contributed by atoms with E-state index >= 15 is 0 Å². The molecule has 152 valence electrons. The van der Waals surface area contributed by atoms with Crippen molar-refractivity contribution in [2.45, 2.75) is 18.6 Å². The summed E-state index contributed by atoms with van der Waals surface area (Å²) in [4.78, 5) is 4.61. The highest BCUT2D eigenvalue weighted by atomic mass is 19.4. The molecule has 0 spiro atoms. The lowest BCUT2D eigenvalue weighted by Gasteiger charge is -2.15. The standard InChI is InChI=1S/C24H19F3N2O/c1-30-21-13-7-17(8-14-21)15-22(18-5-3-2-4-6-18)29-23(16-28)19-9-11-20(12-10-19)24(25,26)27/h2-14,22H,15H2,1H3/b29-23+/t22-/m1/s1. The van der Waals surface area contributed by atoms with E-state index < -0.39 is 11.7 Å². The minimum atomic E-state index is -4.43. The fourth-order valence-electron chi connectivity index (χ4n) is 3.04. The smallest absolute Gasteiger partial charge is 0.416 e. The van der Waals surface area contributed by atoms with Gasteiger partial charge < -0.3 is 4.74 Å². The van der Waals surface area contributed by atoms with Crippen molar-refractivity contribution in [3.05, 3.63) is 101 Å². The number of alkyl halides is 3. The lowest BCUT2D eigenvalue weighted by molar-refractivity contribution is -0.137. The van der Waals surface area contributed by atoms with Crippen molar-refractivity contribution in [3.63, 3.8) is 0 Å². The Morgan fingerprint density at radius 3 is 2.13 bits per heavy atom. The van der Waals surface area contributed by atoms with Crippen molar-refractivity contribution in [1.29, 1.82) is 5.26 Å². The molecular weight excluding hydrogens is 389 g/mol. The molecule has 0 aromatic heterocycles. The molecule has 3 rings (SSSR count). The second-order valence-corrected chi connectivity index (χ2v) is 6.64. The van der Waals surface area contributed by atoms with E-state index in [-0.39, 0.29) is 11.8 Å². The number of nitriles is 1. The predicted molar refractivity (Wildman–Crippen MR) is 109 cm³/mol. The van der Waals surface area contributed by atoms with Crippen LogP contribution < -0.4 is 4.74 Å². The molecule has 0 saturated carbocycles. The Kier molecular flexibility index (Phi) is 6.53. The van der Waals surface area contributed by atoms with Gasteiger partial charge in [0.15, 0.2) is 0 Å². The number of hydrogen-bond donors (Lipinski definition) is 0. The molecular formula is C24H19F3N2O. The van der Waals surface area contributed by atoms with E-state index in [1.54, 1.807) is 7.11 Å². The van der Waals surface area contributed by atoms with Gasteiger partial charge in [-0.2, -0.15) is 18.4 Å². The maximum absolute atomic E-state index is 12.8. The van der Waals surface area contributed by atoms with Gasteiger partial charge in [0.1, 0.15) is 17.5 Å². The third-order valence-corrected chi connectivity index (χ3v) is 4.65. The van der Waals surface area contributed by atoms with Crippen molar-refractivity contribution < 1.29 is 17.9 Å². The summed E-state index contributed by atoms with van der Waals surface area (Å²) in [6, 6.07) is 23.2. The molecule has 0 aliphatic heterocycles. The third-order valence-electron chi connectivity index (χ3n) is 4.65. The number of halogens is 3. The molecule has 0 bridgehead atoms. The van der Waals surface area contributed by atoms with Crippen LogP contribution in [0.4, 0.5) is 13.2 Å². The molecule has 3 nitrogen and oxygen atoms in total. The van der Waals surface area contributed by atoms with Crippen LogP contribution in [-0.4, -0.2) is 12.8 Å². The van der Waals surface area contributed by atoms with Gasteiger partial charge in [-0.3, -0.25) is 4.99 Å². The summed E-state index contributed by atoms with van der Waals surface area (Å²) >= 11 is 0. The maximum Gasteiger partial charge on any atom is 0.416 e. The molecule has 0 aliphatic carbocycles. The van der Waals surface area contributed by atoms with E-state index in [1.165, 1.54) is 12.1 Å². The largest absolute Gasteiger partial charge is 0.497 e. The van der Waals surface area contributed by atoms with E-state index in [2.05, 4.69) is 4.99 Å². The van der Waals surface area contributed by atoms with Gasteiger partial charge in [-0.05, 0) is 41.8 Å². The molecule has 0 saturated heterocycles. The Hall–Kier alpha value is -3.59. The SMILES string of the molecule is COc1ccc(C[C@@H](/N=C(\C#N)c2ccc(C(F)(F)F)cc2)c2ccccc2)cc1. The van der Waals surface area contributed by atoms with Crippen molar-refractivity contribution in [2.24, 2.45) is 4.99 Å². The number of nitrogens with zero attached hydrogens (tertiary/aromatic N) is 2. The number of ether oxygens (including phenoxy) is 1. The van der Waals surface area contributed by atoms with Crippen molar-refractivity contribution in [1.82, 2.24) is 0 Å². The molecule has 3 aromatic rings. The summed E-state index contributed by atoms with van der Waals surface area (Å²) < 4.78 is 43.7. The van der Waals surface area contributed by atoms with Gasteiger partial charge in [0.2, 0.25) is 0 Å². The normalized spacial score (nSPS) is 12.8. The maximum atomic E-state index is 12.8. The molecule has 6 heteroatoms. The summed E-state index contributed by atoms with van der Waals surface area (Å²) in [6.07, 6.45) is -3.90. The molecule has 0 radical (unpaired) electrons. The Balaban J connectivity index is 1.95. The highest BCUT2D eigenvalue weighted by Gasteiger charge is 2.30. The van der Waals surface area contributed by atoms with E-state index in [0.717, 1.165) is 29.0 Å². The lowest BCUT2D eigenvalue weighted by Crippen LogP contribution is -2.08. The monoisotopic (exact) mass is 408 g/mol. The molecule has 0 unspecified atom stereocenters. The molecule has 3 aromatic carbocycles. The van der Waals surface area contributed by atoms with Gasteiger partial charge in [0.25, 0.3) is 0 Å². The molecule has 0 N–H and O–H groups in total. The van der Waals surface area contributed by atoms with E-state index in [1.807, 2.05) is 60.7 Å². The first-order chi connectivity index (χ1) is 14.4. The summed E-state index contributed by atoms with van der Waals surface area (Å²) in [5.41, 5.74) is 1.58. The van der Waals surface area contributed by atoms with Crippen LogP contribution in [-0.2, 0) is 12.6 Å². The summed E-state index contributed by atoms with van der Waals surface area (Å²) in [5, 5.41) is 9.62. The zero-order chi connectivity index (χ0) is 21.6. The third kappa shape index (κ3) is 5.26. The highest BCUT2D eigenvalue weighted by molar-refractivity contribution is 6.11. The van der Waals surface area contributed by atoms with Gasteiger partial charge in [-0.15, -0.1) is 0 Å². The van der Waals surface area contributed by atoms with Gasteiger partial charge in [0, 0.05) is 5.56 Å². The van der Waals surface area contributed by atoms with Gasteiger partial charge in [0.05, 0.1) is 18.7 Å². The van der Waals surface area contributed by atoms with Crippen molar-refractivity contribution in [3.8, 4) is 11.8 Å². The van der Waals surface area contributed by atoms with Gasteiger partial charge in [-0.1, -0.05) is 54.6 Å². The average Bonchev–Trinajstić information content (AvgIpc) is 2.77. The zero-order valence-electron chi connectivity index (χ0n) is 16.2. The van der Waals surface area contributed by atoms with Gasteiger partial charge >= 0.3 is 6.18 Å². The number of benzene rings is 3. The molecule has 0 heterocycles. The quantitative estimate of drug-likeness (QED) is 0.469. The van der Waals surface area contributed by atoms with Crippen LogP contribution in [0.1, 0.15) is 28.3 Å². The molecule has 0 aliphatic rings. The number of aliphatic imine (C=N–C) groups is 1. The van der Waals surface area contributed by atoms with E-state index in [9.17, 15) is 18.4 Å². The minimum absolute atomic E-state index is 0.0890. The minimum Gasteiger partial charge on any atom is -0.497 e. The average molecular weight is 408 g/mol. The van der Waals surface area contributed by atoms with Crippen molar-refractivity contribution >= 4 is 5.71 Å². The van der Waals surface area contributed by atoms with Crippen LogP contribution >= 0.6 is 0 Å². The first kappa shape index (κ1) is 21.1. The Labute approximate surface area is 173 Å². The number of rotatable bonds is 6. The number of methoxy groups -OCH3 is 1. The summed E-state index contributed by atoms with van der Waals surface area (Å²) in [6.45, 7) is 0. The molecule has 30 heavy (non-hydrogen) atoms. The Bertz CT molecular complexity index is 1040. The van der Waals surface area contributed by atoms with Crippen LogP contribution in [0.3, 0.4) is 0 Å². The van der Waals surface area contributed by atoms with Gasteiger partial charge in [-0.25, -0.2) is 0 Å².